The van der Waals surface area contributed by atoms with Crippen molar-refractivity contribution in [2.75, 3.05) is 18.2 Å². The zero-order valence-electron chi connectivity index (χ0n) is 12.7. The van der Waals surface area contributed by atoms with Gasteiger partial charge in [0.25, 0.3) is 5.91 Å². The van der Waals surface area contributed by atoms with Crippen LogP contribution in [-0.4, -0.2) is 19.1 Å². The molecule has 1 amide bonds. The van der Waals surface area contributed by atoms with Crippen LogP contribution in [-0.2, 0) is 0 Å². The fraction of sp³-hybridized carbons (Fsp3) is 0.235. The van der Waals surface area contributed by atoms with E-state index in [1.54, 1.807) is 43.5 Å². The average Bonchev–Trinajstić information content (AvgIpc) is 3.33. The minimum absolute atomic E-state index is 0.0916. The highest BCUT2D eigenvalue weighted by Gasteiger charge is 2.24. The van der Waals surface area contributed by atoms with Crippen LogP contribution in [0.1, 0.15) is 23.2 Å². The predicted molar refractivity (Wildman–Crippen MR) is 92.6 cm³/mol. The lowest BCUT2D eigenvalue weighted by Gasteiger charge is -2.14. The molecule has 1 saturated carbocycles. The van der Waals surface area contributed by atoms with Crippen LogP contribution in [0.3, 0.4) is 0 Å². The van der Waals surface area contributed by atoms with Gasteiger partial charge in [-0.1, -0.05) is 11.6 Å². The van der Waals surface area contributed by atoms with Crippen molar-refractivity contribution in [3.63, 3.8) is 0 Å². The molecule has 0 aromatic heterocycles. The van der Waals surface area contributed by atoms with E-state index < -0.39 is 0 Å². The van der Waals surface area contributed by atoms with Gasteiger partial charge >= 0.3 is 0 Å². The molecule has 3 rings (SSSR count). The van der Waals surface area contributed by atoms with Crippen LogP contribution in [0.2, 0.25) is 5.02 Å². The highest BCUT2D eigenvalue weighted by Crippen LogP contribution is 2.32. The van der Waals surface area contributed by atoms with Gasteiger partial charge in [0.05, 0.1) is 24.2 Å². The number of hydrogen-bond acceptors (Lipinski definition) is 4. The van der Waals surface area contributed by atoms with E-state index in [1.165, 1.54) is 0 Å². The van der Waals surface area contributed by atoms with Crippen molar-refractivity contribution >= 4 is 34.6 Å². The van der Waals surface area contributed by atoms with Crippen molar-refractivity contribution in [1.82, 2.24) is 5.32 Å². The maximum atomic E-state index is 12.0. The van der Waals surface area contributed by atoms with Gasteiger partial charge < -0.3 is 21.1 Å². The maximum absolute atomic E-state index is 12.0. The molecule has 5 nitrogen and oxygen atoms in total. The van der Waals surface area contributed by atoms with Crippen LogP contribution in [0, 0.1) is 0 Å². The summed E-state index contributed by atoms with van der Waals surface area (Å²) in [5.74, 6) is 0.565. The highest BCUT2D eigenvalue weighted by molar-refractivity contribution is 6.31. The average molecular weight is 332 g/mol. The zero-order valence-corrected chi connectivity index (χ0v) is 13.5. The number of nitrogen functional groups attached to an aromatic ring is 1. The van der Waals surface area contributed by atoms with Crippen LogP contribution in [0.4, 0.5) is 17.1 Å². The summed E-state index contributed by atoms with van der Waals surface area (Å²) in [6.45, 7) is 0. The van der Waals surface area contributed by atoms with Gasteiger partial charge in [-0.05, 0) is 49.2 Å². The Bertz CT molecular complexity index is 745. The Labute approximate surface area is 139 Å². The molecule has 1 aliphatic carbocycles. The number of ether oxygens (including phenoxy) is 1. The van der Waals surface area contributed by atoms with E-state index in [1.807, 2.05) is 0 Å². The van der Waals surface area contributed by atoms with Crippen molar-refractivity contribution < 1.29 is 9.53 Å². The van der Waals surface area contributed by atoms with E-state index in [0.29, 0.717) is 39.4 Å². The van der Waals surface area contributed by atoms with Gasteiger partial charge in [-0.25, -0.2) is 0 Å². The molecular weight excluding hydrogens is 314 g/mol. The number of rotatable bonds is 5. The first kappa shape index (κ1) is 15.5. The number of nitrogens with one attached hydrogen (secondary N) is 2. The first-order valence-electron chi connectivity index (χ1n) is 7.38. The first-order valence-corrected chi connectivity index (χ1v) is 7.75. The number of carbonyl (C=O) groups excluding carboxylic acids is 1. The summed E-state index contributed by atoms with van der Waals surface area (Å²) >= 11 is 6.02. The van der Waals surface area contributed by atoms with Gasteiger partial charge in [-0.15, -0.1) is 0 Å². The molecule has 1 fully saturated rings. The number of methoxy groups -OCH3 is 1. The van der Waals surface area contributed by atoms with Crippen LogP contribution in [0.25, 0.3) is 0 Å². The number of amides is 1. The molecule has 2 aromatic carbocycles. The van der Waals surface area contributed by atoms with Gasteiger partial charge in [0, 0.05) is 16.6 Å². The Morgan fingerprint density at radius 3 is 2.65 bits per heavy atom. The van der Waals surface area contributed by atoms with Gasteiger partial charge in [-0.2, -0.15) is 0 Å². The quantitative estimate of drug-likeness (QED) is 0.732. The van der Waals surface area contributed by atoms with E-state index in [9.17, 15) is 4.79 Å². The SMILES string of the molecule is COc1ccc(Cl)cc1Nc1ccc(C(=O)NC2CC2)cc1N. The molecule has 1 aliphatic rings. The number of benzene rings is 2. The van der Waals surface area contributed by atoms with E-state index in [0.717, 1.165) is 12.8 Å². The summed E-state index contributed by atoms with van der Waals surface area (Å²) in [6.07, 6.45) is 2.10. The predicted octanol–water partition coefficient (Wildman–Crippen LogP) is 3.57. The Hall–Kier alpha value is -2.40. The van der Waals surface area contributed by atoms with Gasteiger partial charge in [0.2, 0.25) is 0 Å². The van der Waals surface area contributed by atoms with Crippen molar-refractivity contribution in [3.05, 3.63) is 47.0 Å². The highest BCUT2D eigenvalue weighted by atomic mass is 35.5. The second-order valence-corrected chi connectivity index (χ2v) is 5.96. The van der Waals surface area contributed by atoms with E-state index in [4.69, 9.17) is 22.1 Å². The number of nitrogens with two attached hydrogens (primary N) is 1. The molecule has 23 heavy (non-hydrogen) atoms. The van der Waals surface area contributed by atoms with Gasteiger partial charge in [-0.3, -0.25) is 4.79 Å². The normalized spacial score (nSPS) is 13.5. The summed E-state index contributed by atoms with van der Waals surface area (Å²) in [7, 11) is 1.59. The molecule has 120 valence electrons. The van der Waals surface area contributed by atoms with E-state index in [-0.39, 0.29) is 5.91 Å². The van der Waals surface area contributed by atoms with Crippen molar-refractivity contribution in [2.45, 2.75) is 18.9 Å². The Morgan fingerprint density at radius 1 is 1.22 bits per heavy atom. The molecule has 0 bridgehead atoms. The third kappa shape index (κ3) is 3.68. The lowest BCUT2D eigenvalue weighted by Crippen LogP contribution is -2.25. The topological polar surface area (TPSA) is 76.4 Å². The smallest absolute Gasteiger partial charge is 0.251 e. The number of halogens is 1. The summed E-state index contributed by atoms with van der Waals surface area (Å²) < 4.78 is 5.30. The Kier molecular flexibility index (Phi) is 4.30. The summed E-state index contributed by atoms with van der Waals surface area (Å²) in [4.78, 5) is 12.0. The third-order valence-electron chi connectivity index (χ3n) is 3.66. The number of carbonyl (C=O) groups is 1. The van der Waals surface area contributed by atoms with Crippen LogP contribution in [0.5, 0.6) is 5.75 Å². The summed E-state index contributed by atoms with van der Waals surface area (Å²) in [6, 6.07) is 10.8. The van der Waals surface area contributed by atoms with Crippen molar-refractivity contribution in [1.29, 1.82) is 0 Å². The van der Waals surface area contributed by atoms with E-state index in [2.05, 4.69) is 10.6 Å². The summed E-state index contributed by atoms with van der Waals surface area (Å²) in [5, 5.41) is 6.72. The van der Waals surface area contributed by atoms with Gasteiger partial charge in [0.1, 0.15) is 5.75 Å². The molecule has 0 spiro atoms. The molecule has 0 unspecified atom stereocenters. The molecule has 0 atom stereocenters. The lowest BCUT2D eigenvalue weighted by molar-refractivity contribution is 0.0951. The monoisotopic (exact) mass is 331 g/mol. The molecule has 0 heterocycles. The van der Waals surface area contributed by atoms with Crippen LogP contribution in [0.15, 0.2) is 36.4 Å². The molecule has 0 radical (unpaired) electrons. The third-order valence-corrected chi connectivity index (χ3v) is 3.89. The largest absolute Gasteiger partial charge is 0.495 e. The Morgan fingerprint density at radius 2 is 2.00 bits per heavy atom. The number of anilines is 3. The molecule has 6 heteroatoms. The summed E-state index contributed by atoms with van der Waals surface area (Å²) in [5.41, 5.74) is 8.50. The molecule has 0 saturated heterocycles. The number of hydrogen-bond donors (Lipinski definition) is 3. The maximum Gasteiger partial charge on any atom is 0.251 e. The second kappa shape index (κ2) is 6.38. The van der Waals surface area contributed by atoms with Gasteiger partial charge in [0.15, 0.2) is 0 Å². The van der Waals surface area contributed by atoms with Crippen LogP contribution < -0.4 is 21.1 Å². The van der Waals surface area contributed by atoms with Crippen molar-refractivity contribution in [2.24, 2.45) is 0 Å². The fourth-order valence-electron chi connectivity index (χ4n) is 2.24. The zero-order chi connectivity index (χ0) is 16.4. The molecule has 0 aliphatic heterocycles. The fourth-order valence-corrected chi connectivity index (χ4v) is 2.41. The standard InChI is InChI=1S/C17H18ClN3O2/c1-23-16-7-3-11(18)9-15(16)21-14-6-2-10(8-13(14)19)17(22)20-12-4-5-12/h2-3,6-9,12,21H,4-5,19H2,1H3,(H,20,22). The van der Waals surface area contributed by atoms with E-state index >= 15 is 0 Å². The minimum atomic E-state index is -0.0916. The molecular formula is C17H18ClN3O2. The first-order chi connectivity index (χ1) is 11.1. The lowest BCUT2D eigenvalue weighted by atomic mass is 10.1. The van der Waals surface area contributed by atoms with Crippen LogP contribution >= 0.6 is 11.6 Å². The van der Waals surface area contributed by atoms with Crippen molar-refractivity contribution in [3.8, 4) is 5.75 Å². The molecule has 4 N–H and O–H groups in total. The minimum Gasteiger partial charge on any atom is -0.495 e. The Balaban J connectivity index is 1.80. The second-order valence-electron chi connectivity index (χ2n) is 5.52. The molecule has 2 aromatic rings.